The molecular formula is C27H31N3O4S2. The zero-order chi connectivity index (χ0) is 25.5. The SMILES string of the molecule is CC1(C)CC(=O)c2sc(N3CCOCC3)c(-c3ccnc(-c4ccc(CNS(C)(=O)=O)cc4)c3)c2C1. The van der Waals surface area contributed by atoms with Gasteiger partial charge in [-0.15, -0.1) is 11.3 Å². The summed E-state index contributed by atoms with van der Waals surface area (Å²) in [6, 6.07) is 11.9. The van der Waals surface area contributed by atoms with Crippen LogP contribution in [0.15, 0.2) is 42.6 Å². The van der Waals surface area contributed by atoms with E-state index in [4.69, 9.17) is 4.74 Å². The van der Waals surface area contributed by atoms with Crippen LogP contribution in [0.3, 0.4) is 0 Å². The van der Waals surface area contributed by atoms with Crippen molar-refractivity contribution in [1.29, 1.82) is 0 Å². The van der Waals surface area contributed by atoms with Gasteiger partial charge in [-0.3, -0.25) is 9.78 Å². The quantitative estimate of drug-likeness (QED) is 0.509. The fourth-order valence-corrected chi connectivity index (χ4v) is 6.70. The fraction of sp³-hybridized carbons (Fsp3) is 0.407. The van der Waals surface area contributed by atoms with Crippen LogP contribution in [0.4, 0.5) is 5.00 Å². The lowest BCUT2D eigenvalue weighted by atomic mass is 9.75. The standard InChI is InChI=1S/C27H31N3O4S2/c1-27(2)15-21-24(26(30-10-12-34-13-11-30)35-25(21)23(31)16-27)20-8-9-28-22(14-20)19-6-4-18(5-7-19)17-29-36(3,32)33/h4-9,14,29H,10-13,15-17H2,1-3H3. The number of Topliss-reactive ketones (excluding diaryl/α,β-unsaturated/α-hetero) is 1. The van der Waals surface area contributed by atoms with Gasteiger partial charge in [0, 0.05) is 43.4 Å². The summed E-state index contributed by atoms with van der Waals surface area (Å²) < 4.78 is 30.9. The summed E-state index contributed by atoms with van der Waals surface area (Å²) in [5.41, 5.74) is 5.96. The number of morpholine rings is 1. The van der Waals surface area contributed by atoms with E-state index in [0.717, 1.165) is 69.2 Å². The molecule has 3 heterocycles. The van der Waals surface area contributed by atoms with Crippen LogP contribution < -0.4 is 9.62 Å². The zero-order valence-corrected chi connectivity index (χ0v) is 22.5. The van der Waals surface area contributed by atoms with Crippen LogP contribution >= 0.6 is 11.3 Å². The highest BCUT2D eigenvalue weighted by atomic mass is 32.2. The van der Waals surface area contributed by atoms with Crippen molar-refractivity contribution in [2.75, 3.05) is 37.5 Å². The van der Waals surface area contributed by atoms with E-state index in [-0.39, 0.29) is 17.7 Å². The van der Waals surface area contributed by atoms with Crippen LogP contribution in [-0.2, 0) is 27.7 Å². The maximum Gasteiger partial charge on any atom is 0.209 e. The highest BCUT2D eigenvalue weighted by Gasteiger charge is 2.37. The molecule has 1 saturated heterocycles. The Bertz CT molecular complexity index is 1390. The number of nitrogens with zero attached hydrogens (tertiary/aromatic N) is 2. The minimum absolute atomic E-state index is 0.0755. The molecule has 0 atom stereocenters. The molecule has 0 bridgehead atoms. The van der Waals surface area contributed by atoms with E-state index in [0.29, 0.717) is 19.6 Å². The minimum atomic E-state index is -3.25. The van der Waals surface area contributed by atoms with Crippen molar-refractivity contribution >= 4 is 32.1 Å². The lowest BCUT2D eigenvalue weighted by Gasteiger charge is -2.30. The molecule has 9 heteroatoms. The lowest BCUT2D eigenvalue weighted by Crippen LogP contribution is -2.36. The number of thiophene rings is 1. The number of nitrogens with one attached hydrogen (secondary N) is 1. The highest BCUT2D eigenvalue weighted by Crippen LogP contribution is 2.49. The molecule has 1 aliphatic heterocycles. The second-order valence-corrected chi connectivity index (χ2v) is 13.2. The molecule has 36 heavy (non-hydrogen) atoms. The molecule has 1 N–H and O–H groups in total. The molecule has 7 nitrogen and oxygen atoms in total. The van der Waals surface area contributed by atoms with Crippen molar-refractivity contribution in [3.05, 3.63) is 58.6 Å². The summed E-state index contributed by atoms with van der Waals surface area (Å²) in [5.74, 6) is 0.236. The van der Waals surface area contributed by atoms with E-state index in [1.807, 2.05) is 36.5 Å². The molecule has 1 fully saturated rings. The maximum atomic E-state index is 13.1. The first-order valence-corrected chi connectivity index (χ1v) is 14.8. The summed E-state index contributed by atoms with van der Waals surface area (Å²) in [6.45, 7) is 7.58. The summed E-state index contributed by atoms with van der Waals surface area (Å²) in [6.07, 6.45) is 4.42. The predicted octanol–water partition coefficient (Wildman–Crippen LogP) is 4.52. The fourth-order valence-electron chi connectivity index (χ4n) is 4.94. The molecule has 0 spiro atoms. The Hall–Kier alpha value is -2.59. The number of aromatic nitrogens is 1. The van der Waals surface area contributed by atoms with Gasteiger partial charge in [-0.2, -0.15) is 0 Å². The Kier molecular flexibility index (Phi) is 6.76. The number of rotatable bonds is 6. The topological polar surface area (TPSA) is 88.6 Å². The molecule has 1 aromatic carbocycles. The molecule has 0 radical (unpaired) electrons. The zero-order valence-electron chi connectivity index (χ0n) is 20.8. The monoisotopic (exact) mass is 525 g/mol. The van der Waals surface area contributed by atoms with Crippen molar-refractivity contribution in [3.63, 3.8) is 0 Å². The third-order valence-electron chi connectivity index (χ3n) is 6.67. The molecule has 0 amide bonds. The maximum absolute atomic E-state index is 13.1. The van der Waals surface area contributed by atoms with Gasteiger partial charge in [0.25, 0.3) is 0 Å². The first-order valence-electron chi connectivity index (χ1n) is 12.1. The highest BCUT2D eigenvalue weighted by molar-refractivity contribution is 7.88. The van der Waals surface area contributed by atoms with E-state index in [1.165, 1.54) is 0 Å². The molecular weight excluding hydrogens is 494 g/mol. The normalized spacial score (nSPS) is 17.8. The van der Waals surface area contributed by atoms with Crippen LogP contribution in [0, 0.1) is 5.41 Å². The first kappa shape index (κ1) is 25.1. The molecule has 0 unspecified atom stereocenters. The van der Waals surface area contributed by atoms with Crippen LogP contribution in [0.1, 0.15) is 41.1 Å². The van der Waals surface area contributed by atoms with Crippen molar-refractivity contribution in [2.45, 2.75) is 33.2 Å². The van der Waals surface area contributed by atoms with E-state index in [9.17, 15) is 13.2 Å². The van der Waals surface area contributed by atoms with E-state index in [2.05, 4.69) is 34.5 Å². The van der Waals surface area contributed by atoms with Crippen molar-refractivity contribution < 1.29 is 17.9 Å². The smallest absolute Gasteiger partial charge is 0.209 e. The Morgan fingerprint density at radius 2 is 1.81 bits per heavy atom. The number of benzene rings is 1. The van der Waals surface area contributed by atoms with Gasteiger partial charge in [-0.1, -0.05) is 38.1 Å². The van der Waals surface area contributed by atoms with Gasteiger partial charge in [0.2, 0.25) is 10.0 Å². The van der Waals surface area contributed by atoms with E-state index in [1.54, 1.807) is 11.3 Å². The number of ether oxygens (including phenoxy) is 1. The molecule has 2 aromatic heterocycles. The van der Waals surface area contributed by atoms with Gasteiger partial charge in [-0.25, -0.2) is 13.1 Å². The van der Waals surface area contributed by atoms with Crippen molar-refractivity contribution in [3.8, 4) is 22.4 Å². The van der Waals surface area contributed by atoms with Crippen LogP contribution in [-0.4, -0.2) is 51.7 Å². The molecule has 0 saturated carbocycles. The van der Waals surface area contributed by atoms with Gasteiger partial charge >= 0.3 is 0 Å². The second kappa shape index (κ2) is 9.70. The third kappa shape index (κ3) is 5.39. The first-order chi connectivity index (χ1) is 17.1. The summed E-state index contributed by atoms with van der Waals surface area (Å²) in [4.78, 5) is 21.0. The number of fused-ring (bicyclic) bond motifs is 1. The number of carbonyl (C=O) groups excluding carboxylic acids is 1. The number of hydrogen-bond acceptors (Lipinski definition) is 7. The van der Waals surface area contributed by atoms with E-state index >= 15 is 0 Å². The average Bonchev–Trinajstić information content (AvgIpc) is 3.22. The minimum Gasteiger partial charge on any atom is -0.378 e. The third-order valence-corrected chi connectivity index (χ3v) is 8.67. The Balaban J connectivity index is 1.54. The van der Waals surface area contributed by atoms with Crippen LogP contribution in [0.5, 0.6) is 0 Å². The molecule has 2 aliphatic rings. The molecule has 190 valence electrons. The van der Waals surface area contributed by atoms with E-state index < -0.39 is 10.0 Å². The summed E-state index contributed by atoms with van der Waals surface area (Å²) in [5, 5.41) is 1.15. The number of anilines is 1. The van der Waals surface area contributed by atoms with Gasteiger partial charge in [0.05, 0.1) is 35.0 Å². The Morgan fingerprint density at radius 1 is 1.08 bits per heavy atom. The largest absolute Gasteiger partial charge is 0.378 e. The van der Waals surface area contributed by atoms with Gasteiger partial charge in [-0.05, 0) is 40.7 Å². The summed E-state index contributed by atoms with van der Waals surface area (Å²) in [7, 11) is -3.25. The number of carbonyl (C=O) groups is 1. The molecule has 1 aliphatic carbocycles. The Morgan fingerprint density at radius 3 is 2.50 bits per heavy atom. The van der Waals surface area contributed by atoms with Crippen LogP contribution in [0.25, 0.3) is 22.4 Å². The number of sulfonamides is 1. The van der Waals surface area contributed by atoms with Gasteiger partial charge in [0.15, 0.2) is 5.78 Å². The van der Waals surface area contributed by atoms with Crippen LogP contribution in [0.2, 0.25) is 0 Å². The molecule has 5 rings (SSSR count). The lowest BCUT2D eigenvalue weighted by molar-refractivity contribution is 0.0918. The Labute approximate surface area is 216 Å². The number of ketones is 1. The van der Waals surface area contributed by atoms with Crippen molar-refractivity contribution in [1.82, 2.24) is 9.71 Å². The second-order valence-electron chi connectivity index (χ2n) is 10.4. The van der Waals surface area contributed by atoms with Gasteiger partial charge < -0.3 is 9.64 Å². The number of hydrogen-bond donors (Lipinski definition) is 1. The van der Waals surface area contributed by atoms with Gasteiger partial charge in [0.1, 0.15) is 0 Å². The average molecular weight is 526 g/mol. The predicted molar refractivity (Wildman–Crippen MR) is 144 cm³/mol. The number of pyridine rings is 1. The molecule has 3 aromatic rings. The van der Waals surface area contributed by atoms with Crippen molar-refractivity contribution in [2.24, 2.45) is 5.41 Å². The summed E-state index contributed by atoms with van der Waals surface area (Å²) >= 11 is 1.63.